The fourth-order valence-corrected chi connectivity index (χ4v) is 4.98. The van der Waals surface area contributed by atoms with Crippen molar-refractivity contribution in [3.8, 4) is 5.75 Å². The summed E-state index contributed by atoms with van der Waals surface area (Å²) in [5.41, 5.74) is 1.37. The molecule has 0 radical (unpaired) electrons. The number of nitrogens with zero attached hydrogens (tertiary/aromatic N) is 2. The van der Waals surface area contributed by atoms with Crippen LogP contribution in [0.5, 0.6) is 5.75 Å². The lowest BCUT2D eigenvalue weighted by Crippen LogP contribution is -2.50. The lowest BCUT2D eigenvalue weighted by molar-refractivity contribution is 0.0697. The SMILES string of the molecule is CCCCCOc1ccc(C(=O)N2CCN(S(=O)(=O)Cc3ccccc3)CC2)cc1. The van der Waals surface area contributed by atoms with E-state index >= 15 is 0 Å². The minimum absolute atomic E-state index is 0.0124. The molecule has 1 fully saturated rings. The molecule has 1 aliphatic rings. The highest BCUT2D eigenvalue weighted by Gasteiger charge is 2.29. The van der Waals surface area contributed by atoms with Crippen LogP contribution in [0, 0.1) is 0 Å². The Kier molecular flexibility index (Phi) is 7.87. The molecule has 0 unspecified atom stereocenters. The van der Waals surface area contributed by atoms with Crippen LogP contribution < -0.4 is 4.74 Å². The van der Waals surface area contributed by atoms with E-state index in [0.29, 0.717) is 38.3 Å². The van der Waals surface area contributed by atoms with Gasteiger partial charge in [-0.05, 0) is 36.2 Å². The van der Waals surface area contributed by atoms with E-state index in [9.17, 15) is 13.2 Å². The van der Waals surface area contributed by atoms with Gasteiger partial charge in [-0.15, -0.1) is 0 Å². The molecule has 0 atom stereocenters. The standard InChI is InChI=1S/C23H30N2O4S/c1-2-3-7-18-29-22-12-10-21(11-13-22)23(26)24-14-16-25(17-15-24)30(27,28)19-20-8-5-4-6-9-20/h4-6,8-13H,2-3,7,14-19H2,1H3. The van der Waals surface area contributed by atoms with Crippen molar-refractivity contribution in [1.29, 1.82) is 0 Å². The lowest BCUT2D eigenvalue weighted by Gasteiger charge is -2.34. The number of hydrogen-bond acceptors (Lipinski definition) is 4. The summed E-state index contributed by atoms with van der Waals surface area (Å²) < 4.78 is 32.5. The summed E-state index contributed by atoms with van der Waals surface area (Å²) in [4.78, 5) is 14.5. The van der Waals surface area contributed by atoms with Gasteiger partial charge in [-0.3, -0.25) is 4.79 Å². The van der Waals surface area contributed by atoms with Crippen molar-refractivity contribution in [2.45, 2.75) is 31.9 Å². The van der Waals surface area contributed by atoms with Gasteiger partial charge in [0.05, 0.1) is 12.4 Å². The molecule has 0 aromatic heterocycles. The summed E-state index contributed by atoms with van der Waals surface area (Å²) in [6, 6.07) is 16.4. The third kappa shape index (κ3) is 6.06. The van der Waals surface area contributed by atoms with Gasteiger partial charge in [0.15, 0.2) is 0 Å². The van der Waals surface area contributed by atoms with Crippen LogP contribution in [-0.2, 0) is 15.8 Å². The Bertz CT molecular complexity index is 906. The van der Waals surface area contributed by atoms with E-state index in [1.54, 1.807) is 17.0 Å². The maximum atomic E-state index is 12.8. The first-order valence-corrected chi connectivity index (χ1v) is 12.1. The number of hydrogen-bond donors (Lipinski definition) is 0. The molecule has 1 heterocycles. The number of sulfonamides is 1. The van der Waals surface area contributed by atoms with Crippen molar-refractivity contribution in [1.82, 2.24) is 9.21 Å². The Labute approximate surface area is 179 Å². The zero-order valence-corrected chi connectivity index (χ0v) is 18.3. The Balaban J connectivity index is 1.51. The number of benzene rings is 2. The van der Waals surface area contributed by atoms with Crippen LogP contribution in [0.25, 0.3) is 0 Å². The Morgan fingerprint density at radius 2 is 1.60 bits per heavy atom. The number of ether oxygens (including phenoxy) is 1. The number of amides is 1. The quantitative estimate of drug-likeness (QED) is 0.571. The van der Waals surface area contributed by atoms with Crippen LogP contribution in [-0.4, -0.2) is 56.3 Å². The molecule has 1 saturated heterocycles. The fourth-order valence-electron chi connectivity index (χ4n) is 3.46. The summed E-state index contributed by atoms with van der Waals surface area (Å²) in [6.07, 6.45) is 3.32. The smallest absolute Gasteiger partial charge is 0.253 e. The summed E-state index contributed by atoms with van der Waals surface area (Å²) in [5, 5.41) is 0. The van der Waals surface area contributed by atoms with Crippen LogP contribution in [0.3, 0.4) is 0 Å². The Morgan fingerprint density at radius 3 is 2.23 bits per heavy atom. The molecule has 0 N–H and O–H groups in total. The molecular weight excluding hydrogens is 400 g/mol. The average Bonchev–Trinajstić information content (AvgIpc) is 2.77. The maximum Gasteiger partial charge on any atom is 0.253 e. The normalized spacial score (nSPS) is 15.2. The molecule has 162 valence electrons. The van der Waals surface area contributed by atoms with Crippen molar-refractivity contribution >= 4 is 15.9 Å². The zero-order valence-electron chi connectivity index (χ0n) is 17.5. The summed E-state index contributed by atoms with van der Waals surface area (Å²) in [5.74, 6) is 0.675. The van der Waals surface area contributed by atoms with Gasteiger partial charge >= 0.3 is 0 Å². The second-order valence-corrected chi connectivity index (χ2v) is 9.48. The highest BCUT2D eigenvalue weighted by atomic mass is 32.2. The average molecular weight is 431 g/mol. The monoisotopic (exact) mass is 430 g/mol. The van der Waals surface area contributed by atoms with Gasteiger partial charge in [-0.1, -0.05) is 50.1 Å². The van der Waals surface area contributed by atoms with E-state index in [-0.39, 0.29) is 11.7 Å². The van der Waals surface area contributed by atoms with E-state index in [1.165, 1.54) is 4.31 Å². The van der Waals surface area contributed by atoms with Gasteiger partial charge in [0.2, 0.25) is 10.0 Å². The van der Waals surface area contributed by atoms with Crippen molar-refractivity contribution in [3.05, 3.63) is 65.7 Å². The molecule has 7 heteroatoms. The molecule has 2 aromatic carbocycles. The predicted octanol–water partition coefficient (Wildman–Crippen LogP) is 3.54. The topological polar surface area (TPSA) is 66.9 Å². The lowest BCUT2D eigenvalue weighted by atomic mass is 10.2. The van der Waals surface area contributed by atoms with E-state index in [1.807, 2.05) is 42.5 Å². The largest absolute Gasteiger partial charge is 0.494 e. The van der Waals surface area contributed by atoms with Crippen LogP contribution in [0.1, 0.15) is 42.1 Å². The molecule has 0 spiro atoms. The zero-order chi connectivity index (χ0) is 21.4. The molecular formula is C23H30N2O4S. The summed E-state index contributed by atoms with van der Waals surface area (Å²) in [6.45, 7) is 4.25. The van der Waals surface area contributed by atoms with Crippen molar-refractivity contribution in [2.24, 2.45) is 0 Å². The molecule has 3 rings (SSSR count). The van der Waals surface area contributed by atoms with Crippen molar-refractivity contribution in [2.75, 3.05) is 32.8 Å². The van der Waals surface area contributed by atoms with Crippen molar-refractivity contribution in [3.63, 3.8) is 0 Å². The second kappa shape index (κ2) is 10.6. The van der Waals surface area contributed by atoms with Crippen LogP contribution in [0.2, 0.25) is 0 Å². The highest BCUT2D eigenvalue weighted by Crippen LogP contribution is 2.17. The van der Waals surface area contributed by atoms with Crippen molar-refractivity contribution < 1.29 is 17.9 Å². The number of carbonyl (C=O) groups excluding carboxylic acids is 1. The van der Waals surface area contributed by atoms with E-state index in [2.05, 4.69) is 6.92 Å². The van der Waals surface area contributed by atoms with Gasteiger partial charge in [0.1, 0.15) is 5.75 Å². The first-order valence-electron chi connectivity index (χ1n) is 10.5. The summed E-state index contributed by atoms with van der Waals surface area (Å²) >= 11 is 0. The van der Waals surface area contributed by atoms with Gasteiger partial charge in [-0.25, -0.2) is 8.42 Å². The van der Waals surface area contributed by atoms with Gasteiger partial charge in [-0.2, -0.15) is 4.31 Å². The summed E-state index contributed by atoms with van der Waals surface area (Å²) in [7, 11) is -3.39. The molecule has 2 aromatic rings. The molecule has 1 amide bonds. The fraction of sp³-hybridized carbons (Fsp3) is 0.435. The first kappa shape index (κ1) is 22.3. The Hall–Kier alpha value is -2.38. The third-order valence-electron chi connectivity index (χ3n) is 5.23. The maximum absolute atomic E-state index is 12.8. The number of piperazine rings is 1. The van der Waals surface area contributed by atoms with E-state index < -0.39 is 10.0 Å². The number of carbonyl (C=O) groups is 1. The number of rotatable bonds is 9. The predicted molar refractivity (Wildman–Crippen MR) is 118 cm³/mol. The third-order valence-corrected chi connectivity index (χ3v) is 7.08. The van der Waals surface area contributed by atoms with Crippen LogP contribution in [0.4, 0.5) is 0 Å². The molecule has 0 saturated carbocycles. The van der Waals surface area contributed by atoms with Crippen LogP contribution in [0.15, 0.2) is 54.6 Å². The van der Waals surface area contributed by atoms with Gasteiger partial charge in [0, 0.05) is 31.7 Å². The minimum Gasteiger partial charge on any atom is -0.494 e. The molecule has 0 aliphatic carbocycles. The second-order valence-electron chi connectivity index (χ2n) is 7.51. The number of unbranched alkanes of at least 4 members (excludes halogenated alkanes) is 2. The Morgan fingerprint density at radius 1 is 0.933 bits per heavy atom. The molecule has 30 heavy (non-hydrogen) atoms. The molecule has 6 nitrogen and oxygen atoms in total. The minimum atomic E-state index is -3.39. The van der Waals surface area contributed by atoms with Gasteiger partial charge < -0.3 is 9.64 Å². The highest BCUT2D eigenvalue weighted by molar-refractivity contribution is 7.88. The van der Waals surface area contributed by atoms with E-state index in [4.69, 9.17) is 4.74 Å². The van der Waals surface area contributed by atoms with E-state index in [0.717, 1.165) is 30.6 Å². The first-order chi connectivity index (χ1) is 14.5. The van der Waals surface area contributed by atoms with Crippen LogP contribution >= 0.6 is 0 Å². The molecule has 1 aliphatic heterocycles. The van der Waals surface area contributed by atoms with Gasteiger partial charge in [0.25, 0.3) is 5.91 Å². The molecule has 0 bridgehead atoms.